The first-order chi connectivity index (χ1) is 6.18. The van der Waals surface area contributed by atoms with Crippen LogP contribution in [0.5, 0.6) is 0 Å². The van der Waals surface area contributed by atoms with E-state index >= 15 is 0 Å². The molecule has 1 atom stereocenters. The standard InChI is InChI=1S/C9H9ClFNS/c1-5-4-12-7-3-2-6(11)8(10)9(7)13-5/h2-3,5,12H,4H2,1H3. The number of rotatable bonds is 0. The van der Waals surface area contributed by atoms with Crippen molar-refractivity contribution in [1.82, 2.24) is 0 Å². The molecule has 1 nitrogen and oxygen atoms in total. The number of hydrogen-bond acceptors (Lipinski definition) is 2. The largest absolute Gasteiger partial charge is 0.383 e. The zero-order chi connectivity index (χ0) is 9.42. The van der Waals surface area contributed by atoms with Crippen molar-refractivity contribution in [3.05, 3.63) is 23.0 Å². The van der Waals surface area contributed by atoms with Gasteiger partial charge in [0.1, 0.15) is 5.82 Å². The molecular weight excluding hydrogens is 209 g/mol. The Balaban J connectivity index is 2.48. The van der Waals surface area contributed by atoms with Gasteiger partial charge in [0.25, 0.3) is 0 Å². The van der Waals surface area contributed by atoms with E-state index in [1.165, 1.54) is 6.07 Å². The molecule has 1 heterocycles. The molecule has 2 rings (SSSR count). The van der Waals surface area contributed by atoms with Gasteiger partial charge in [-0.1, -0.05) is 18.5 Å². The summed E-state index contributed by atoms with van der Waals surface area (Å²) in [7, 11) is 0. The second-order valence-corrected chi connectivity index (χ2v) is 4.87. The quantitative estimate of drug-likeness (QED) is 0.715. The van der Waals surface area contributed by atoms with Crippen LogP contribution in [0.3, 0.4) is 0 Å². The van der Waals surface area contributed by atoms with Gasteiger partial charge in [-0.15, -0.1) is 11.8 Å². The van der Waals surface area contributed by atoms with Crippen molar-refractivity contribution in [2.75, 3.05) is 11.9 Å². The predicted molar refractivity (Wildman–Crippen MR) is 55.2 cm³/mol. The number of anilines is 1. The summed E-state index contributed by atoms with van der Waals surface area (Å²) in [5.74, 6) is -0.344. The molecule has 1 aliphatic heterocycles. The number of benzene rings is 1. The summed E-state index contributed by atoms with van der Waals surface area (Å²) in [6.07, 6.45) is 0. The van der Waals surface area contributed by atoms with E-state index in [9.17, 15) is 4.39 Å². The first-order valence-corrected chi connectivity index (χ1v) is 5.33. The molecule has 0 aliphatic carbocycles. The van der Waals surface area contributed by atoms with Gasteiger partial charge in [-0.25, -0.2) is 4.39 Å². The molecular formula is C9H9ClFNS. The molecule has 0 radical (unpaired) electrons. The highest BCUT2D eigenvalue weighted by molar-refractivity contribution is 8.00. The monoisotopic (exact) mass is 217 g/mol. The highest BCUT2D eigenvalue weighted by atomic mass is 35.5. The second-order valence-electron chi connectivity index (χ2n) is 3.05. The minimum Gasteiger partial charge on any atom is -0.383 e. The van der Waals surface area contributed by atoms with Gasteiger partial charge in [0.15, 0.2) is 0 Å². The third-order valence-corrected chi connectivity index (χ3v) is 3.66. The molecule has 4 heteroatoms. The van der Waals surface area contributed by atoms with Crippen molar-refractivity contribution >= 4 is 29.1 Å². The van der Waals surface area contributed by atoms with Crippen LogP contribution in [0, 0.1) is 5.82 Å². The van der Waals surface area contributed by atoms with Gasteiger partial charge in [0, 0.05) is 17.5 Å². The lowest BCUT2D eigenvalue weighted by Gasteiger charge is -2.23. The molecule has 1 unspecified atom stereocenters. The topological polar surface area (TPSA) is 12.0 Å². The van der Waals surface area contributed by atoms with Crippen LogP contribution >= 0.6 is 23.4 Å². The van der Waals surface area contributed by atoms with Gasteiger partial charge < -0.3 is 5.32 Å². The maximum atomic E-state index is 13.1. The average molecular weight is 218 g/mol. The van der Waals surface area contributed by atoms with Crippen LogP contribution in [0.2, 0.25) is 5.02 Å². The van der Waals surface area contributed by atoms with Gasteiger partial charge in [0.2, 0.25) is 0 Å². The van der Waals surface area contributed by atoms with E-state index in [2.05, 4.69) is 12.2 Å². The highest BCUT2D eigenvalue weighted by Gasteiger charge is 2.19. The Morgan fingerprint density at radius 1 is 1.62 bits per heavy atom. The summed E-state index contributed by atoms with van der Waals surface area (Å²) < 4.78 is 13.1. The van der Waals surface area contributed by atoms with E-state index < -0.39 is 0 Å². The summed E-state index contributed by atoms with van der Waals surface area (Å²) in [4.78, 5) is 0.834. The van der Waals surface area contributed by atoms with Crippen LogP contribution in [0.1, 0.15) is 6.92 Å². The van der Waals surface area contributed by atoms with Crippen LogP contribution in [-0.2, 0) is 0 Å². The lowest BCUT2D eigenvalue weighted by molar-refractivity contribution is 0.624. The Morgan fingerprint density at radius 2 is 2.38 bits per heavy atom. The molecule has 1 aliphatic rings. The second kappa shape index (κ2) is 3.39. The number of thioether (sulfide) groups is 1. The summed E-state index contributed by atoms with van der Waals surface area (Å²) in [6.45, 7) is 2.99. The van der Waals surface area contributed by atoms with Crippen molar-refractivity contribution < 1.29 is 4.39 Å². The van der Waals surface area contributed by atoms with E-state index in [0.717, 1.165) is 17.1 Å². The average Bonchev–Trinajstić information content (AvgIpc) is 2.12. The maximum Gasteiger partial charge on any atom is 0.143 e. The highest BCUT2D eigenvalue weighted by Crippen LogP contribution is 2.40. The molecule has 13 heavy (non-hydrogen) atoms. The third-order valence-electron chi connectivity index (χ3n) is 1.95. The number of halogens is 2. The van der Waals surface area contributed by atoms with E-state index in [1.54, 1.807) is 17.8 Å². The minimum atomic E-state index is -0.344. The fourth-order valence-corrected chi connectivity index (χ4v) is 2.62. The van der Waals surface area contributed by atoms with Crippen LogP contribution in [-0.4, -0.2) is 11.8 Å². The molecule has 0 fully saturated rings. The molecule has 1 N–H and O–H groups in total. The van der Waals surface area contributed by atoms with E-state index in [1.807, 2.05) is 0 Å². The Bertz CT molecular complexity index is 343. The van der Waals surface area contributed by atoms with Crippen LogP contribution < -0.4 is 5.32 Å². The summed E-state index contributed by atoms with van der Waals surface area (Å²) in [5.41, 5.74) is 0.939. The molecule has 0 spiro atoms. The molecule has 0 saturated carbocycles. The lowest BCUT2D eigenvalue weighted by Crippen LogP contribution is -2.18. The van der Waals surface area contributed by atoms with E-state index in [4.69, 9.17) is 11.6 Å². The first-order valence-electron chi connectivity index (χ1n) is 4.07. The Morgan fingerprint density at radius 3 is 3.15 bits per heavy atom. The molecule has 1 aromatic rings. The van der Waals surface area contributed by atoms with Crippen LogP contribution in [0.15, 0.2) is 17.0 Å². The van der Waals surface area contributed by atoms with Crippen molar-refractivity contribution in [3.63, 3.8) is 0 Å². The first kappa shape index (κ1) is 9.16. The fraction of sp³-hybridized carbons (Fsp3) is 0.333. The van der Waals surface area contributed by atoms with Gasteiger partial charge in [-0.05, 0) is 12.1 Å². The minimum absolute atomic E-state index is 0.238. The van der Waals surface area contributed by atoms with Crippen LogP contribution in [0.4, 0.5) is 10.1 Å². The molecule has 0 saturated heterocycles. The van der Waals surface area contributed by atoms with Crippen molar-refractivity contribution in [2.45, 2.75) is 17.1 Å². The number of hydrogen-bond donors (Lipinski definition) is 1. The summed E-state index contributed by atoms with van der Waals surface area (Å²) >= 11 is 7.46. The van der Waals surface area contributed by atoms with Crippen LogP contribution in [0.25, 0.3) is 0 Å². The molecule has 0 aromatic heterocycles. The third kappa shape index (κ3) is 1.63. The predicted octanol–water partition coefficient (Wildman–Crippen LogP) is 3.39. The Hall–Kier alpha value is -0.410. The van der Waals surface area contributed by atoms with Crippen molar-refractivity contribution in [3.8, 4) is 0 Å². The smallest absolute Gasteiger partial charge is 0.143 e. The lowest BCUT2D eigenvalue weighted by atomic mass is 10.3. The molecule has 0 amide bonds. The zero-order valence-electron chi connectivity index (χ0n) is 7.10. The zero-order valence-corrected chi connectivity index (χ0v) is 8.68. The molecule has 0 bridgehead atoms. The van der Waals surface area contributed by atoms with Gasteiger partial charge in [0.05, 0.1) is 9.92 Å². The normalized spacial score (nSPS) is 20.7. The SMILES string of the molecule is CC1CNc2ccc(F)c(Cl)c2S1. The number of nitrogens with one attached hydrogen (secondary N) is 1. The molecule has 70 valence electrons. The number of fused-ring (bicyclic) bond motifs is 1. The van der Waals surface area contributed by atoms with E-state index in [0.29, 0.717) is 5.25 Å². The van der Waals surface area contributed by atoms with Crippen molar-refractivity contribution in [1.29, 1.82) is 0 Å². The maximum absolute atomic E-state index is 13.1. The van der Waals surface area contributed by atoms with E-state index in [-0.39, 0.29) is 10.8 Å². The van der Waals surface area contributed by atoms with Gasteiger partial charge in [-0.2, -0.15) is 0 Å². The fourth-order valence-electron chi connectivity index (χ4n) is 1.28. The Labute approximate surface area is 85.7 Å². The Kier molecular flexibility index (Phi) is 2.39. The van der Waals surface area contributed by atoms with Gasteiger partial charge >= 0.3 is 0 Å². The molecule has 1 aromatic carbocycles. The summed E-state index contributed by atoms with van der Waals surface area (Å²) in [6, 6.07) is 3.13. The van der Waals surface area contributed by atoms with Crippen molar-refractivity contribution in [2.24, 2.45) is 0 Å². The summed E-state index contributed by atoms with van der Waals surface area (Å²) in [5, 5.41) is 3.88. The van der Waals surface area contributed by atoms with Gasteiger partial charge in [-0.3, -0.25) is 0 Å².